The van der Waals surface area contributed by atoms with Crippen molar-refractivity contribution in [1.82, 2.24) is 10.2 Å². The number of aryl methyl sites for hydroxylation is 2. The zero-order chi connectivity index (χ0) is 31.9. The van der Waals surface area contributed by atoms with E-state index in [2.05, 4.69) is 21.2 Å². The first kappa shape index (κ1) is 33.0. The number of nitrogens with zero attached hydrogens (tertiary/aromatic N) is 2. The van der Waals surface area contributed by atoms with E-state index in [0.29, 0.717) is 10.2 Å². The van der Waals surface area contributed by atoms with Crippen LogP contribution in [-0.2, 0) is 32.6 Å². The summed E-state index contributed by atoms with van der Waals surface area (Å²) < 4.78 is 30.0. The van der Waals surface area contributed by atoms with Gasteiger partial charge in [0.15, 0.2) is 0 Å². The highest BCUT2D eigenvalue weighted by Crippen LogP contribution is 2.27. The molecule has 9 heteroatoms. The van der Waals surface area contributed by atoms with Gasteiger partial charge in [-0.2, -0.15) is 0 Å². The molecule has 0 aliphatic rings. The Morgan fingerprint density at radius 1 is 0.795 bits per heavy atom. The predicted molar refractivity (Wildman–Crippen MR) is 179 cm³/mol. The largest absolute Gasteiger partial charge is 0.352 e. The highest BCUT2D eigenvalue weighted by atomic mass is 79.9. The number of carbonyl (C=O) groups excluding carboxylic acids is 2. The van der Waals surface area contributed by atoms with E-state index >= 15 is 0 Å². The molecule has 0 bridgehead atoms. The van der Waals surface area contributed by atoms with Gasteiger partial charge in [-0.1, -0.05) is 99.9 Å². The van der Waals surface area contributed by atoms with Gasteiger partial charge in [0.25, 0.3) is 10.0 Å². The maximum Gasteiger partial charge on any atom is 0.264 e. The summed E-state index contributed by atoms with van der Waals surface area (Å²) in [7, 11) is -4.16. The molecule has 0 radical (unpaired) electrons. The van der Waals surface area contributed by atoms with Gasteiger partial charge in [0.05, 0.1) is 10.6 Å². The summed E-state index contributed by atoms with van der Waals surface area (Å²) in [4.78, 5) is 29.8. The van der Waals surface area contributed by atoms with E-state index in [-0.39, 0.29) is 29.8 Å². The first-order valence-electron chi connectivity index (χ1n) is 14.5. The lowest BCUT2D eigenvalue weighted by Gasteiger charge is -2.34. The van der Waals surface area contributed by atoms with E-state index in [4.69, 9.17) is 0 Å². The maximum absolute atomic E-state index is 14.5. The molecule has 0 heterocycles. The molecule has 7 nitrogen and oxygen atoms in total. The van der Waals surface area contributed by atoms with Gasteiger partial charge in [0.2, 0.25) is 11.8 Å². The molecular weight excluding hydrogens is 638 g/mol. The standard InChI is InChI=1S/C35H38BrN3O4S/c1-25(2)37-35(41)33(21-28-11-6-5-7-12-28)38(23-29-13-8-10-27(4)20-29)34(40)24-39(31-15-9-14-30(36)22-31)44(42,43)32-18-16-26(3)17-19-32/h5-20,22,25,33H,21,23-24H2,1-4H3,(H,37,41). The summed E-state index contributed by atoms with van der Waals surface area (Å²) in [6, 6.07) is 29.6. The lowest BCUT2D eigenvalue weighted by Crippen LogP contribution is -2.54. The van der Waals surface area contributed by atoms with Crippen LogP contribution >= 0.6 is 15.9 Å². The Balaban J connectivity index is 1.81. The van der Waals surface area contributed by atoms with Crippen LogP contribution in [0.1, 0.15) is 36.1 Å². The van der Waals surface area contributed by atoms with Crippen molar-refractivity contribution in [3.63, 3.8) is 0 Å². The molecule has 1 atom stereocenters. The zero-order valence-corrected chi connectivity index (χ0v) is 27.8. The van der Waals surface area contributed by atoms with Crippen LogP contribution in [0.5, 0.6) is 0 Å². The molecule has 44 heavy (non-hydrogen) atoms. The molecule has 0 aliphatic heterocycles. The summed E-state index contributed by atoms with van der Waals surface area (Å²) in [6.07, 6.45) is 0.262. The maximum atomic E-state index is 14.5. The minimum absolute atomic E-state index is 0.0690. The molecule has 0 saturated heterocycles. The Bertz CT molecular complexity index is 1690. The van der Waals surface area contributed by atoms with Crippen molar-refractivity contribution in [3.05, 3.63) is 130 Å². The lowest BCUT2D eigenvalue weighted by atomic mass is 10.0. The molecule has 0 aliphatic carbocycles. The van der Waals surface area contributed by atoms with Crippen molar-refractivity contribution in [1.29, 1.82) is 0 Å². The smallest absolute Gasteiger partial charge is 0.264 e. The third-order valence-corrected chi connectivity index (χ3v) is 9.40. The molecule has 2 amide bonds. The Morgan fingerprint density at radius 3 is 2.09 bits per heavy atom. The first-order valence-corrected chi connectivity index (χ1v) is 16.7. The van der Waals surface area contributed by atoms with Crippen molar-refractivity contribution in [2.45, 2.75) is 57.6 Å². The second kappa shape index (κ2) is 14.7. The molecule has 0 saturated carbocycles. The van der Waals surface area contributed by atoms with Crippen molar-refractivity contribution in [2.24, 2.45) is 0 Å². The number of hydrogen-bond donors (Lipinski definition) is 1. The van der Waals surface area contributed by atoms with Gasteiger partial charge >= 0.3 is 0 Å². The minimum Gasteiger partial charge on any atom is -0.352 e. The fourth-order valence-corrected chi connectivity index (χ4v) is 6.73. The number of amides is 2. The quantitative estimate of drug-likeness (QED) is 0.188. The van der Waals surface area contributed by atoms with Gasteiger partial charge < -0.3 is 10.2 Å². The third kappa shape index (κ3) is 8.57. The molecule has 4 rings (SSSR count). The highest BCUT2D eigenvalue weighted by molar-refractivity contribution is 9.10. The number of rotatable bonds is 12. The fourth-order valence-electron chi connectivity index (χ4n) is 4.94. The van der Waals surface area contributed by atoms with E-state index in [9.17, 15) is 18.0 Å². The average Bonchev–Trinajstić information content (AvgIpc) is 2.98. The van der Waals surface area contributed by atoms with Gasteiger partial charge in [0, 0.05) is 23.5 Å². The van der Waals surface area contributed by atoms with Gasteiger partial charge in [-0.3, -0.25) is 13.9 Å². The number of halogens is 1. The minimum atomic E-state index is -4.16. The van der Waals surface area contributed by atoms with Gasteiger partial charge in [-0.25, -0.2) is 8.42 Å². The molecule has 0 aromatic heterocycles. The van der Waals surface area contributed by atoms with E-state index in [1.54, 1.807) is 48.5 Å². The van der Waals surface area contributed by atoms with Crippen LogP contribution in [0.2, 0.25) is 0 Å². The van der Waals surface area contributed by atoms with Crippen LogP contribution in [0.25, 0.3) is 0 Å². The molecule has 4 aromatic carbocycles. The number of carbonyl (C=O) groups is 2. The van der Waals surface area contributed by atoms with Gasteiger partial charge in [0.1, 0.15) is 12.6 Å². The molecule has 0 fully saturated rings. The van der Waals surface area contributed by atoms with Crippen molar-refractivity contribution in [3.8, 4) is 0 Å². The molecule has 1 unspecified atom stereocenters. The van der Waals surface area contributed by atoms with E-state index in [1.165, 1.54) is 4.90 Å². The molecule has 230 valence electrons. The third-order valence-electron chi connectivity index (χ3n) is 7.12. The zero-order valence-electron chi connectivity index (χ0n) is 25.4. The lowest BCUT2D eigenvalue weighted by molar-refractivity contribution is -0.140. The Labute approximate surface area is 269 Å². The van der Waals surface area contributed by atoms with Crippen molar-refractivity contribution in [2.75, 3.05) is 10.8 Å². The number of benzene rings is 4. The molecule has 4 aromatic rings. The normalized spacial score (nSPS) is 12.0. The second-order valence-corrected chi connectivity index (χ2v) is 14.0. The number of anilines is 1. The molecule has 0 spiro atoms. The second-order valence-electron chi connectivity index (χ2n) is 11.2. The first-order chi connectivity index (χ1) is 20.9. The van der Waals surface area contributed by atoms with Crippen LogP contribution in [-0.4, -0.2) is 43.8 Å². The summed E-state index contributed by atoms with van der Waals surface area (Å²) in [5.74, 6) is -0.803. The van der Waals surface area contributed by atoms with E-state index in [1.807, 2.05) is 82.3 Å². The van der Waals surface area contributed by atoms with Crippen LogP contribution in [0, 0.1) is 13.8 Å². The monoisotopic (exact) mass is 675 g/mol. The van der Waals surface area contributed by atoms with Crippen LogP contribution in [0.4, 0.5) is 5.69 Å². The fraction of sp³-hybridized carbons (Fsp3) is 0.257. The summed E-state index contributed by atoms with van der Waals surface area (Å²) >= 11 is 3.44. The van der Waals surface area contributed by atoms with Gasteiger partial charge in [-0.15, -0.1) is 0 Å². The number of sulfonamides is 1. The van der Waals surface area contributed by atoms with E-state index in [0.717, 1.165) is 26.6 Å². The molecular formula is C35H38BrN3O4S. The highest BCUT2D eigenvalue weighted by Gasteiger charge is 2.35. The van der Waals surface area contributed by atoms with Crippen molar-refractivity contribution < 1.29 is 18.0 Å². The Kier molecular flexibility index (Phi) is 11.0. The van der Waals surface area contributed by atoms with Crippen LogP contribution in [0.3, 0.4) is 0 Å². The summed E-state index contributed by atoms with van der Waals surface area (Å²) in [5.41, 5.74) is 3.98. The van der Waals surface area contributed by atoms with Crippen LogP contribution < -0.4 is 9.62 Å². The summed E-state index contributed by atoms with van der Waals surface area (Å²) in [5, 5.41) is 2.98. The van der Waals surface area contributed by atoms with Gasteiger partial charge in [-0.05, 0) is 69.2 Å². The molecule has 1 N–H and O–H groups in total. The van der Waals surface area contributed by atoms with Crippen LogP contribution in [0.15, 0.2) is 112 Å². The average molecular weight is 677 g/mol. The van der Waals surface area contributed by atoms with Crippen molar-refractivity contribution >= 4 is 43.5 Å². The Morgan fingerprint density at radius 2 is 1.45 bits per heavy atom. The van der Waals surface area contributed by atoms with E-state index < -0.39 is 28.5 Å². The topological polar surface area (TPSA) is 86.8 Å². The number of nitrogens with one attached hydrogen (secondary N) is 1. The Hall–Kier alpha value is -3.95. The number of hydrogen-bond acceptors (Lipinski definition) is 4. The summed E-state index contributed by atoms with van der Waals surface area (Å²) in [6.45, 7) is 7.20. The SMILES string of the molecule is Cc1ccc(S(=O)(=O)N(CC(=O)N(Cc2cccc(C)c2)C(Cc2ccccc2)C(=O)NC(C)C)c2cccc(Br)c2)cc1. The predicted octanol–water partition coefficient (Wildman–Crippen LogP) is 6.43.